The Morgan fingerprint density at radius 3 is 2.19 bits per heavy atom. The minimum Gasteiger partial charge on any atom is -0.342 e. The van der Waals surface area contributed by atoms with Crippen LogP contribution in [0.15, 0.2) is 5.38 Å². The van der Waals surface area contributed by atoms with E-state index in [9.17, 15) is 9.59 Å². The van der Waals surface area contributed by atoms with Crippen LogP contribution in [0, 0.1) is 6.92 Å². The van der Waals surface area contributed by atoms with E-state index in [0.717, 1.165) is 57.8 Å². The van der Waals surface area contributed by atoms with Gasteiger partial charge in [-0.25, -0.2) is 4.98 Å². The lowest BCUT2D eigenvalue weighted by Crippen LogP contribution is -2.51. The maximum Gasteiger partial charge on any atom is 0.240 e. The van der Waals surface area contributed by atoms with Gasteiger partial charge in [0.2, 0.25) is 11.8 Å². The highest BCUT2D eigenvalue weighted by Crippen LogP contribution is 2.14. The third-order valence-electron chi connectivity index (χ3n) is 5.02. The summed E-state index contributed by atoms with van der Waals surface area (Å²) in [4.78, 5) is 35.3. The second-order valence-corrected chi connectivity index (χ2v) is 8.05. The molecule has 0 atom stereocenters. The molecule has 0 saturated carbocycles. The topological polar surface area (TPSA) is 68.8 Å². The highest BCUT2D eigenvalue weighted by molar-refractivity contribution is 7.13. The Labute approximate surface area is 159 Å². The van der Waals surface area contributed by atoms with Crippen LogP contribution < -0.4 is 5.32 Å². The van der Waals surface area contributed by atoms with E-state index in [2.05, 4.69) is 20.1 Å². The van der Waals surface area contributed by atoms with Crippen LogP contribution in [0.3, 0.4) is 0 Å². The van der Waals surface area contributed by atoms with E-state index in [1.54, 1.807) is 0 Å². The summed E-state index contributed by atoms with van der Waals surface area (Å²) >= 11 is 1.45. The first-order chi connectivity index (χ1) is 12.6. The summed E-state index contributed by atoms with van der Waals surface area (Å²) in [5.74, 6) is 0.241. The largest absolute Gasteiger partial charge is 0.342 e. The van der Waals surface area contributed by atoms with Crippen molar-refractivity contribution in [3.8, 4) is 0 Å². The normalized spacial score (nSPS) is 20.0. The van der Waals surface area contributed by atoms with E-state index < -0.39 is 0 Å². The van der Waals surface area contributed by atoms with Crippen LogP contribution >= 0.6 is 11.3 Å². The first-order valence-corrected chi connectivity index (χ1v) is 10.4. The van der Waals surface area contributed by atoms with Crippen LogP contribution in [0.5, 0.6) is 0 Å². The van der Waals surface area contributed by atoms with Crippen molar-refractivity contribution in [3.05, 3.63) is 11.1 Å². The number of aryl methyl sites for hydroxylation is 1. The minimum atomic E-state index is -0.0200. The first kappa shape index (κ1) is 19.3. The molecule has 0 aliphatic carbocycles. The molecule has 0 unspecified atom stereocenters. The zero-order valence-electron chi connectivity index (χ0n) is 15.6. The van der Waals surface area contributed by atoms with Crippen LogP contribution in [-0.2, 0) is 9.59 Å². The van der Waals surface area contributed by atoms with Crippen LogP contribution in [0.25, 0.3) is 0 Å². The van der Waals surface area contributed by atoms with Crippen molar-refractivity contribution in [1.29, 1.82) is 0 Å². The summed E-state index contributed by atoms with van der Waals surface area (Å²) in [5, 5.41) is 5.44. The molecule has 0 radical (unpaired) electrons. The number of thiazole rings is 1. The molecular weight excluding hydrogens is 350 g/mol. The molecule has 1 aromatic rings. The van der Waals surface area contributed by atoms with Crippen molar-refractivity contribution < 1.29 is 9.59 Å². The number of nitrogens with zero attached hydrogens (tertiary/aromatic N) is 4. The molecule has 7 nitrogen and oxygen atoms in total. The van der Waals surface area contributed by atoms with Gasteiger partial charge in [-0.15, -0.1) is 11.3 Å². The summed E-state index contributed by atoms with van der Waals surface area (Å²) in [5.41, 5.74) is 0.924. The van der Waals surface area contributed by atoms with E-state index in [1.807, 2.05) is 17.2 Å². The maximum atomic E-state index is 12.5. The summed E-state index contributed by atoms with van der Waals surface area (Å²) in [6, 6.07) is 0. The van der Waals surface area contributed by atoms with E-state index in [-0.39, 0.29) is 11.8 Å². The molecule has 3 heterocycles. The van der Waals surface area contributed by atoms with Crippen LogP contribution in [0.1, 0.15) is 31.4 Å². The molecule has 144 valence electrons. The van der Waals surface area contributed by atoms with Gasteiger partial charge in [0.05, 0.1) is 18.8 Å². The fraction of sp³-hybridized carbons (Fsp3) is 0.722. The lowest BCUT2D eigenvalue weighted by atomic mass is 10.2. The lowest BCUT2D eigenvalue weighted by Gasteiger charge is -2.34. The molecule has 2 amide bonds. The number of hydrogen-bond acceptors (Lipinski definition) is 6. The predicted octanol–water partition coefficient (Wildman–Crippen LogP) is 1.41. The second kappa shape index (κ2) is 9.43. The molecule has 8 heteroatoms. The van der Waals surface area contributed by atoms with Gasteiger partial charge in [-0.2, -0.15) is 0 Å². The molecule has 2 saturated heterocycles. The monoisotopic (exact) mass is 379 g/mol. The minimum absolute atomic E-state index is 0.0200. The van der Waals surface area contributed by atoms with Gasteiger partial charge >= 0.3 is 0 Å². The van der Waals surface area contributed by atoms with E-state index >= 15 is 0 Å². The van der Waals surface area contributed by atoms with Crippen molar-refractivity contribution >= 4 is 28.3 Å². The van der Waals surface area contributed by atoms with Gasteiger partial charge in [0.15, 0.2) is 5.13 Å². The fourth-order valence-electron chi connectivity index (χ4n) is 3.49. The highest BCUT2D eigenvalue weighted by Gasteiger charge is 2.23. The highest BCUT2D eigenvalue weighted by atomic mass is 32.1. The Hall–Kier alpha value is -1.51. The smallest absolute Gasteiger partial charge is 0.240 e. The average molecular weight is 380 g/mol. The van der Waals surface area contributed by atoms with Gasteiger partial charge in [-0.05, 0) is 19.8 Å². The number of likely N-dealkylation sites (tertiary alicyclic amines) is 1. The second-order valence-electron chi connectivity index (χ2n) is 7.19. The summed E-state index contributed by atoms with van der Waals surface area (Å²) in [6.07, 6.45) is 4.75. The van der Waals surface area contributed by atoms with Gasteiger partial charge < -0.3 is 10.2 Å². The fourth-order valence-corrected chi connectivity index (χ4v) is 4.19. The first-order valence-electron chi connectivity index (χ1n) is 9.54. The summed E-state index contributed by atoms with van der Waals surface area (Å²) < 4.78 is 0. The number of carbonyl (C=O) groups is 2. The molecule has 2 aliphatic rings. The van der Waals surface area contributed by atoms with E-state index in [0.29, 0.717) is 18.2 Å². The summed E-state index contributed by atoms with van der Waals surface area (Å²) in [7, 11) is 0. The zero-order valence-corrected chi connectivity index (χ0v) is 16.4. The molecule has 26 heavy (non-hydrogen) atoms. The van der Waals surface area contributed by atoms with E-state index in [4.69, 9.17) is 0 Å². The predicted molar refractivity (Wildman–Crippen MR) is 103 cm³/mol. The van der Waals surface area contributed by atoms with Crippen molar-refractivity contribution in [2.24, 2.45) is 0 Å². The Balaban J connectivity index is 1.37. The Kier molecular flexibility index (Phi) is 6.99. The number of aromatic nitrogens is 1. The quantitative estimate of drug-likeness (QED) is 0.838. The van der Waals surface area contributed by atoms with Gasteiger partial charge in [0.1, 0.15) is 0 Å². The molecule has 0 spiro atoms. The molecule has 2 fully saturated rings. The van der Waals surface area contributed by atoms with Crippen molar-refractivity contribution in [2.75, 3.05) is 57.7 Å². The SMILES string of the molecule is Cc1csc(NC(=O)CN2CCN(CC(=O)N3CCCCCC3)CC2)n1. The number of hydrogen-bond donors (Lipinski definition) is 1. The third-order valence-corrected chi connectivity index (χ3v) is 5.89. The van der Waals surface area contributed by atoms with E-state index in [1.165, 1.54) is 24.2 Å². The average Bonchev–Trinajstić information content (AvgIpc) is 2.86. The Morgan fingerprint density at radius 1 is 1.00 bits per heavy atom. The van der Waals surface area contributed by atoms with Crippen molar-refractivity contribution in [3.63, 3.8) is 0 Å². The van der Waals surface area contributed by atoms with Crippen LogP contribution in [0.4, 0.5) is 5.13 Å². The molecule has 0 aromatic carbocycles. The molecule has 3 rings (SSSR count). The molecule has 1 aromatic heterocycles. The standard InChI is InChI=1S/C18H29N5O2S/c1-15-14-26-18(19-15)20-16(24)12-21-8-10-22(11-9-21)13-17(25)23-6-4-2-3-5-7-23/h14H,2-13H2,1H3,(H,19,20,24). The third kappa shape index (κ3) is 5.75. The van der Waals surface area contributed by atoms with Gasteiger partial charge in [0.25, 0.3) is 0 Å². The van der Waals surface area contributed by atoms with Gasteiger partial charge in [-0.3, -0.25) is 19.4 Å². The van der Waals surface area contributed by atoms with Crippen molar-refractivity contribution in [1.82, 2.24) is 19.7 Å². The Morgan fingerprint density at radius 2 is 1.62 bits per heavy atom. The maximum absolute atomic E-state index is 12.5. The zero-order chi connectivity index (χ0) is 18.4. The number of carbonyl (C=O) groups excluding carboxylic acids is 2. The Bertz CT molecular complexity index is 604. The number of nitrogens with one attached hydrogen (secondary N) is 1. The summed E-state index contributed by atoms with van der Waals surface area (Å²) in [6.45, 7) is 7.94. The van der Waals surface area contributed by atoms with Crippen LogP contribution in [0.2, 0.25) is 0 Å². The molecule has 2 aliphatic heterocycles. The lowest BCUT2D eigenvalue weighted by molar-refractivity contribution is -0.133. The molecule has 1 N–H and O–H groups in total. The number of amides is 2. The number of rotatable bonds is 5. The van der Waals surface area contributed by atoms with Gasteiger partial charge in [-0.1, -0.05) is 12.8 Å². The number of piperazine rings is 1. The van der Waals surface area contributed by atoms with Gasteiger partial charge in [0, 0.05) is 44.6 Å². The number of anilines is 1. The molecule has 0 bridgehead atoms. The van der Waals surface area contributed by atoms with Crippen LogP contribution in [-0.4, -0.2) is 83.9 Å². The molecular formula is C18H29N5O2S. The van der Waals surface area contributed by atoms with Crippen molar-refractivity contribution in [2.45, 2.75) is 32.6 Å².